The molecule has 3 N–H and O–H groups in total. The Morgan fingerprint density at radius 3 is 2.62 bits per heavy atom. The largest absolute Gasteiger partial charge is 0.455 e. The van der Waals surface area contributed by atoms with E-state index in [0.717, 1.165) is 0 Å². The fourth-order valence-corrected chi connectivity index (χ4v) is 6.06. The zero-order valence-corrected chi connectivity index (χ0v) is 17.4. The van der Waals surface area contributed by atoms with Gasteiger partial charge in [0.1, 0.15) is 11.2 Å². The van der Waals surface area contributed by atoms with E-state index < -0.39 is 28.6 Å². The highest BCUT2D eigenvalue weighted by Crippen LogP contribution is 2.67. The third-order valence-electron chi connectivity index (χ3n) is 7.84. The number of ether oxygens (including phenoxy) is 1. The molecule has 0 aromatic rings. The second kappa shape index (κ2) is 6.37. The van der Waals surface area contributed by atoms with Crippen LogP contribution in [0.25, 0.3) is 0 Å². The van der Waals surface area contributed by atoms with E-state index in [1.807, 2.05) is 13.0 Å². The van der Waals surface area contributed by atoms with E-state index in [1.165, 1.54) is 0 Å². The Kier molecular flexibility index (Phi) is 4.50. The number of Topliss-reactive ketones (excluding diaryl/α,β-unsaturated/α-hetero) is 1. The summed E-state index contributed by atoms with van der Waals surface area (Å²) in [4.78, 5) is 25.2. The van der Waals surface area contributed by atoms with Crippen LogP contribution in [0.2, 0.25) is 0 Å². The molecule has 0 radical (unpaired) electrons. The molecule has 0 amide bonds. The van der Waals surface area contributed by atoms with Crippen LogP contribution < -0.4 is 0 Å². The Bertz CT molecular complexity index is 869. The van der Waals surface area contributed by atoms with Crippen LogP contribution in [-0.2, 0) is 14.3 Å². The van der Waals surface area contributed by atoms with Crippen molar-refractivity contribution in [3.8, 4) is 0 Å². The molecule has 29 heavy (non-hydrogen) atoms. The summed E-state index contributed by atoms with van der Waals surface area (Å²) in [5.74, 6) is -2.33. The Balaban J connectivity index is 1.76. The first kappa shape index (κ1) is 20.5. The van der Waals surface area contributed by atoms with Crippen LogP contribution in [0.3, 0.4) is 0 Å². The van der Waals surface area contributed by atoms with Crippen molar-refractivity contribution in [3.05, 3.63) is 34.9 Å². The minimum atomic E-state index is -1.75. The van der Waals surface area contributed by atoms with E-state index >= 15 is 0 Å². The van der Waals surface area contributed by atoms with Crippen molar-refractivity contribution in [1.82, 2.24) is 0 Å². The van der Waals surface area contributed by atoms with Gasteiger partial charge in [-0.3, -0.25) is 4.79 Å². The second-order valence-electron chi connectivity index (χ2n) is 9.50. The number of fused-ring (bicyclic) bond motifs is 5. The van der Waals surface area contributed by atoms with Gasteiger partial charge in [-0.15, -0.1) is 0 Å². The van der Waals surface area contributed by atoms with Crippen LogP contribution in [0.5, 0.6) is 0 Å². The summed E-state index contributed by atoms with van der Waals surface area (Å²) >= 11 is 0. The molecule has 4 aliphatic carbocycles. The first-order valence-corrected chi connectivity index (χ1v) is 10.4. The SMILES string of the molecule is C/C=C(\C)C(=O)O[C@@]12C[C@@H](C)[C@@]3(O)[C@@H](C=C(CO)C[C@]4(O)C(=O)C(C)=C[C@@H]34)[C@@H]1C2. The normalized spacial score (nSPS) is 46.0. The molecule has 0 unspecified atom stereocenters. The maximum atomic E-state index is 12.8. The van der Waals surface area contributed by atoms with E-state index in [1.54, 1.807) is 32.9 Å². The summed E-state index contributed by atoms with van der Waals surface area (Å²) in [5, 5.41) is 33.2. The number of hydrogen-bond acceptors (Lipinski definition) is 6. The van der Waals surface area contributed by atoms with Gasteiger partial charge in [0.2, 0.25) is 0 Å². The van der Waals surface area contributed by atoms with Crippen molar-refractivity contribution in [3.63, 3.8) is 0 Å². The number of esters is 1. The number of aliphatic hydroxyl groups excluding tert-OH is 1. The monoisotopic (exact) mass is 402 g/mol. The molecule has 0 aromatic carbocycles. The summed E-state index contributed by atoms with van der Waals surface area (Å²) in [5.41, 5.74) is -2.21. The summed E-state index contributed by atoms with van der Waals surface area (Å²) in [6, 6.07) is 0. The molecule has 0 saturated heterocycles. The molecular weight excluding hydrogens is 372 g/mol. The molecule has 4 aliphatic rings. The molecule has 0 aromatic heterocycles. The highest BCUT2D eigenvalue weighted by atomic mass is 16.6. The number of allylic oxidation sites excluding steroid dienone is 1. The van der Waals surface area contributed by atoms with Crippen molar-refractivity contribution in [2.75, 3.05) is 6.61 Å². The average Bonchev–Trinajstić information content (AvgIpc) is 3.34. The Hall–Kier alpha value is -1.76. The zero-order chi connectivity index (χ0) is 21.4. The van der Waals surface area contributed by atoms with Gasteiger partial charge in [0.25, 0.3) is 0 Å². The molecular formula is C23H30O6. The lowest BCUT2D eigenvalue weighted by Gasteiger charge is -2.50. The number of carbonyl (C=O) groups excluding carboxylic acids is 2. The lowest BCUT2D eigenvalue weighted by molar-refractivity contribution is -0.185. The average molecular weight is 402 g/mol. The lowest BCUT2D eigenvalue weighted by Crippen LogP contribution is -2.61. The first-order valence-electron chi connectivity index (χ1n) is 10.4. The first-order chi connectivity index (χ1) is 13.5. The van der Waals surface area contributed by atoms with Crippen LogP contribution in [-0.4, -0.2) is 50.5 Å². The molecule has 0 aliphatic heterocycles. The molecule has 158 valence electrons. The van der Waals surface area contributed by atoms with E-state index in [4.69, 9.17) is 4.74 Å². The van der Waals surface area contributed by atoms with E-state index in [0.29, 0.717) is 29.6 Å². The summed E-state index contributed by atoms with van der Waals surface area (Å²) < 4.78 is 5.90. The minimum absolute atomic E-state index is 0.00353. The highest BCUT2D eigenvalue weighted by molar-refractivity contribution is 6.04. The predicted octanol–water partition coefficient (Wildman–Crippen LogP) is 1.84. The molecule has 0 heterocycles. The molecule has 0 bridgehead atoms. The van der Waals surface area contributed by atoms with Gasteiger partial charge in [-0.1, -0.05) is 25.2 Å². The van der Waals surface area contributed by atoms with Gasteiger partial charge in [0, 0.05) is 29.7 Å². The number of hydrogen-bond donors (Lipinski definition) is 3. The van der Waals surface area contributed by atoms with Gasteiger partial charge in [-0.05, 0) is 50.7 Å². The van der Waals surface area contributed by atoms with Crippen LogP contribution in [0, 0.1) is 23.7 Å². The molecule has 0 spiro atoms. The number of carbonyl (C=O) groups is 2. The maximum Gasteiger partial charge on any atom is 0.333 e. The van der Waals surface area contributed by atoms with Gasteiger partial charge in [0.05, 0.1) is 12.2 Å². The van der Waals surface area contributed by atoms with E-state index in [9.17, 15) is 24.9 Å². The van der Waals surface area contributed by atoms with Crippen molar-refractivity contribution >= 4 is 11.8 Å². The van der Waals surface area contributed by atoms with Gasteiger partial charge in [0.15, 0.2) is 5.78 Å². The summed E-state index contributed by atoms with van der Waals surface area (Å²) in [6.45, 7) is 6.76. The van der Waals surface area contributed by atoms with Crippen molar-refractivity contribution < 1.29 is 29.6 Å². The quantitative estimate of drug-likeness (QED) is 0.378. The number of rotatable bonds is 3. The minimum Gasteiger partial charge on any atom is -0.455 e. The lowest BCUT2D eigenvalue weighted by atomic mass is 9.60. The smallest absolute Gasteiger partial charge is 0.333 e. The van der Waals surface area contributed by atoms with Gasteiger partial charge < -0.3 is 20.1 Å². The van der Waals surface area contributed by atoms with Gasteiger partial charge in [-0.25, -0.2) is 4.79 Å². The van der Waals surface area contributed by atoms with Gasteiger partial charge in [-0.2, -0.15) is 0 Å². The van der Waals surface area contributed by atoms with E-state index in [-0.39, 0.29) is 36.6 Å². The number of aliphatic hydroxyl groups is 3. The molecule has 4 rings (SSSR count). The van der Waals surface area contributed by atoms with Crippen LogP contribution >= 0.6 is 0 Å². The second-order valence-corrected chi connectivity index (χ2v) is 9.50. The van der Waals surface area contributed by atoms with Gasteiger partial charge >= 0.3 is 5.97 Å². The number of ketones is 1. The Morgan fingerprint density at radius 2 is 2.00 bits per heavy atom. The van der Waals surface area contributed by atoms with Crippen LogP contribution in [0.1, 0.15) is 47.0 Å². The Morgan fingerprint density at radius 1 is 1.31 bits per heavy atom. The van der Waals surface area contributed by atoms with Crippen LogP contribution in [0.15, 0.2) is 34.9 Å². The fourth-order valence-electron chi connectivity index (χ4n) is 6.06. The van der Waals surface area contributed by atoms with Crippen LogP contribution in [0.4, 0.5) is 0 Å². The molecule has 6 nitrogen and oxygen atoms in total. The summed E-state index contributed by atoms with van der Waals surface area (Å²) in [7, 11) is 0. The standard InChI is InChI=1S/C23H30O6/c1-5-12(2)20(26)29-21-8-14(4)23(28)16(17(21)10-21)7-15(11-24)9-22(27)18(23)6-13(3)19(22)25/h5-7,14,16-18,24,27-28H,8-11H2,1-4H3/b12-5+/t14-,16+,17+,18-,21-,22-,23-/m1/s1. The topological polar surface area (TPSA) is 104 Å². The van der Waals surface area contributed by atoms with E-state index in [2.05, 4.69) is 0 Å². The summed E-state index contributed by atoms with van der Waals surface area (Å²) in [6.07, 6.45) is 6.35. The highest BCUT2D eigenvalue weighted by Gasteiger charge is 2.74. The molecule has 2 saturated carbocycles. The molecule has 2 fully saturated rings. The predicted molar refractivity (Wildman–Crippen MR) is 106 cm³/mol. The third kappa shape index (κ3) is 2.65. The van der Waals surface area contributed by atoms with Crippen molar-refractivity contribution in [2.24, 2.45) is 23.7 Å². The van der Waals surface area contributed by atoms with Crippen molar-refractivity contribution in [2.45, 2.75) is 63.8 Å². The molecule has 6 heteroatoms. The zero-order valence-electron chi connectivity index (χ0n) is 17.4. The maximum absolute atomic E-state index is 12.8. The Labute approximate surface area is 170 Å². The molecule has 7 atom stereocenters. The third-order valence-corrected chi connectivity index (χ3v) is 7.84. The van der Waals surface area contributed by atoms with Crippen molar-refractivity contribution in [1.29, 1.82) is 0 Å². The fraction of sp³-hybridized carbons (Fsp3) is 0.652.